The third-order valence-electron chi connectivity index (χ3n) is 1.60. The van der Waals surface area contributed by atoms with Crippen molar-refractivity contribution in [2.75, 3.05) is 7.11 Å². The summed E-state index contributed by atoms with van der Waals surface area (Å²) < 4.78 is 4.99. The summed E-state index contributed by atoms with van der Waals surface area (Å²) >= 11 is 0. The van der Waals surface area contributed by atoms with E-state index in [1.54, 1.807) is 24.7 Å². The summed E-state index contributed by atoms with van der Waals surface area (Å²) in [5.74, 6) is 0.604. The minimum Gasteiger partial charge on any atom is -0.497 e. The predicted molar refractivity (Wildman–Crippen MR) is 57.1 cm³/mol. The molecule has 0 amide bonds. The van der Waals surface area contributed by atoms with Gasteiger partial charge in [-0.25, -0.2) is 5.48 Å². The van der Waals surface area contributed by atoms with Gasteiger partial charge in [0.2, 0.25) is 5.96 Å². The Bertz CT molecular complexity index is 359. The monoisotopic (exact) mass is 208 g/mol. The van der Waals surface area contributed by atoms with Gasteiger partial charge in [0.15, 0.2) is 0 Å². The van der Waals surface area contributed by atoms with Crippen LogP contribution in [-0.2, 0) is 0 Å². The average molecular weight is 208 g/mol. The molecule has 0 atom stereocenters. The largest absolute Gasteiger partial charge is 0.497 e. The molecular weight excluding hydrogens is 196 g/mol. The smallest absolute Gasteiger partial charge is 0.237 e. The van der Waals surface area contributed by atoms with Crippen molar-refractivity contribution in [2.24, 2.45) is 15.9 Å². The molecule has 0 aliphatic heterocycles. The van der Waals surface area contributed by atoms with E-state index < -0.39 is 0 Å². The summed E-state index contributed by atoms with van der Waals surface area (Å²) in [6.45, 7) is 0. The number of benzene rings is 1. The molecule has 80 valence electrons. The second-order valence-corrected chi connectivity index (χ2v) is 2.61. The molecule has 0 aromatic heterocycles. The Morgan fingerprint density at radius 1 is 1.47 bits per heavy atom. The Labute approximate surface area is 87.0 Å². The van der Waals surface area contributed by atoms with Gasteiger partial charge in [-0.3, -0.25) is 5.21 Å². The number of hydroxylamine groups is 1. The van der Waals surface area contributed by atoms with Gasteiger partial charge in [-0.15, -0.1) is 5.10 Å². The molecule has 0 bridgehead atoms. The topological polar surface area (TPSA) is 92.2 Å². The number of rotatable bonds is 3. The van der Waals surface area contributed by atoms with Crippen LogP contribution in [-0.4, -0.2) is 24.5 Å². The number of nitrogens with zero attached hydrogens (tertiary/aromatic N) is 2. The highest BCUT2D eigenvalue weighted by Gasteiger charge is 1.90. The quantitative estimate of drug-likeness (QED) is 0.379. The maximum atomic E-state index is 8.30. The third-order valence-corrected chi connectivity index (χ3v) is 1.60. The van der Waals surface area contributed by atoms with E-state index in [-0.39, 0.29) is 5.96 Å². The number of hydrogen-bond acceptors (Lipinski definition) is 4. The van der Waals surface area contributed by atoms with Crippen LogP contribution in [0.15, 0.2) is 34.5 Å². The molecule has 1 rings (SSSR count). The second-order valence-electron chi connectivity index (χ2n) is 2.61. The molecule has 0 aliphatic carbocycles. The Morgan fingerprint density at radius 2 is 2.13 bits per heavy atom. The highest BCUT2D eigenvalue weighted by atomic mass is 16.5. The normalized spacial score (nSPS) is 11.7. The average Bonchev–Trinajstić information content (AvgIpc) is 2.29. The zero-order valence-corrected chi connectivity index (χ0v) is 8.21. The van der Waals surface area contributed by atoms with Gasteiger partial charge in [0.1, 0.15) is 5.75 Å². The number of hydrogen-bond donors (Lipinski definition) is 3. The Hall–Kier alpha value is -2.08. The Morgan fingerprint density at radius 3 is 2.67 bits per heavy atom. The fourth-order valence-electron chi connectivity index (χ4n) is 0.870. The van der Waals surface area contributed by atoms with E-state index in [0.717, 1.165) is 11.3 Å². The minimum absolute atomic E-state index is 0.167. The molecule has 1 aromatic rings. The van der Waals surface area contributed by atoms with Gasteiger partial charge in [0, 0.05) is 0 Å². The lowest BCUT2D eigenvalue weighted by Crippen LogP contribution is -2.27. The molecule has 0 saturated heterocycles. The van der Waals surface area contributed by atoms with Crippen molar-refractivity contribution in [1.29, 1.82) is 0 Å². The zero-order chi connectivity index (χ0) is 11.1. The number of ether oxygens (including phenoxy) is 1. The van der Waals surface area contributed by atoms with Crippen LogP contribution in [0.5, 0.6) is 5.75 Å². The second kappa shape index (κ2) is 5.61. The van der Waals surface area contributed by atoms with Crippen molar-refractivity contribution < 1.29 is 9.94 Å². The highest BCUT2D eigenvalue weighted by molar-refractivity contribution is 5.81. The van der Waals surface area contributed by atoms with Crippen LogP contribution in [0, 0.1) is 0 Å². The van der Waals surface area contributed by atoms with Crippen LogP contribution in [0.3, 0.4) is 0 Å². The van der Waals surface area contributed by atoms with Gasteiger partial charge in [-0.05, 0) is 29.8 Å². The molecule has 0 spiro atoms. The molecule has 6 heteroatoms. The number of methoxy groups -OCH3 is 1. The van der Waals surface area contributed by atoms with E-state index in [0.29, 0.717) is 0 Å². The Balaban J connectivity index is 2.65. The molecule has 1 aromatic carbocycles. The Kier molecular flexibility index (Phi) is 4.11. The molecule has 0 unspecified atom stereocenters. The molecule has 0 heterocycles. The van der Waals surface area contributed by atoms with Crippen LogP contribution in [0.4, 0.5) is 0 Å². The standard InChI is InChI=1S/C9H12N4O2/c1-15-8-4-2-7(3-5-8)6-11-12-9(10)13-14/h2-6,14H,1H3,(H3,10,12,13)/b11-6-. The lowest BCUT2D eigenvalue weighted by molar-refractivity contribution is 0.232. The lowest BCUT2D eigenvalue weighted by Gasteiger charge is -1.98. The first-order valence-corrected chi connectivity index (χ1v) is 4.17. The highest BCUT2D eigenvalue weighted by Crippen LogP contribution is 2.09. The summed E-state index contributed by atoms with van der Waals surface area (Å²) in [7, 11) is 1.60. The van der Waals surface area contributed by atoms with Crippen molar-refractivity contribution in [3.8, 4) is 5.75 Å². The summed E-state index contributed by atoms with van der Waals surface area (Å²) in [6.07, 6.45) is 1.50. The number of nitrogens with one attached hydrogen (secondary N) is 1. The van der Waals surface area contributed by atoms with Crippen LogP contribution in [0.1, 0.15) is 5.56 Å². The third kappa shape index (κ3) is 3.65. The summed E-state index contributed by atoms with van der Waals surface area (Å²) in [4.78, 5) is 0. The SMILES string of the molecule is COc1ccc(/C=N\N=C(/N)NO)cc1. The summed E-state index contributed by atoms with van der Waals surface area (Å²) in [6, 6.07) is 7.25. The van der Waals surface area contributed by atoms with E-state index in [1.165, 1.54) is 6.21 Å². The van der Waals surface area contributed by atoms with Crippen molar-refractivity contribution in [3.05, 3.63) is 29.8 Å². The molecular formula is C9H12N4O2. The van der Waals surface area contributed by atoms with Gasteiger partial charge < -0.3 is 10.5 Å². The molecule has 0 fully saturated rings. The number of nitrogens with two attached hydrogens (primary N) is 1. The van der Waals surface area contributed by atoms with Gasteiger partial charge in [0.25, 0.3) is 0 Å². The van der Waals surface area contributed by atoms with E-state index in [2.05, 4.69) is 10.2 Å². The van der Waals surface area contributed by atoms with Gasteiger partial charge in [0.05, 0.1) is 13.3 Å². The van der Waals surface area contributed by atoms with Crippen molar-refractivity contribution in [3.63, 3.8) is 0 Å². The molecule has 4 N–H and O–H groups in total. The predicted octanol–water partition coefficient (Wildman–Crippen LogP) is 0.323. The molecule has 0 saturated carbocycles. The van der Waals surface area contributed by atoms with Crippen molar-refractivity contribution >= 4 is 12.2 Å². The molecule has 0 aliphatic rings. The van der Waals surface area contributed by atoms with Crippen LogP contribution in [0.25, 0.3) is 0 Å². The minimum atomic E-state index is -0.167. The van der Waals surface area contributed by atoms with Crippen molar-refractivity contribution in [1.82, 2.24) is 5.48 Å². The summed E-state index contributed by atoms with van der Waals surface area (Å²) in [5.41, 5.74) is 7.65. The molecule has 6 nitrogen and oxygen atoms in total. The fourth-order valence-corrected chi connectivity index (χ4v) is 0.870. The first-order chi connectivity index (χ1) is 7.26. The van der Waals surface area contributed by atoms with Gasteiger partial charge in [-0.1, -0.05) is 0 Å². The van der Waals surface area contributed by atoms with Gasteiger partial charge in [-0.2, -0.15) is 5.10 Å². The lowest BCUT2D eigenvalue weighted by atomic mass is 10.2. The maximum absolute atomic E-state index is 8.30. The summed E-state index contributed by atoms with van der Waals surface area (Å²) in [5, 5.41) is 15.4. The van der Waals surface area contributed by atoms with Crippen LogP contribution < -0.4 is 16.0 Å². The first-order valence-electron chi connectivity index (χ1n) is 4.17. The van der Waals surface area contributed by atoms with Crippen LogP contribution >= 0.6 is 0 Å². The molecule has 15 heavy (non-hydrogen) atoms. The maximum Gasteiger partial charge on any atom is 0.237 e. The number of guanidine groups is 1. The van der Waals surface area contributed by atoms with E-state index in [1.807, 2.05) is 12.1 Å². The van der Waals surface area contributed by atoms with E-state index in [9.17, 15) is 0 Å². The molecule has 0 radical (unpaired) electrons. The van der Waals surface area contributed by atoms with Crippen molar-refractivity contribution in [2.45, 2.75) is 0 Å². The fraction of sp³-hybridized carbons (Fsp3) is 0.111. The van der Waals surface area contributed by atoms with E-state index in [4.69, 9.17) is 15.7 Å². The first kappa shape index (κ1) is 11.0. The van der Waals surface area contributed by atoms with E-state index >= 15 is 0 Å². The zero-order valence-electron chi connectivity index (χ0n) is 8.21. The van der Waals surface area contributed by atoms with Gasteiger partial charge >= 0.3 is 0 Å². The van der Waals surface area contributed by atoms with Crippen LogP contribution in [0.2, 0.25) is 0 Å².